The molecule has 150 valence electrons. The standard InChI is InChI=1S/C16H24N3O5PS2/c1-10(27-26-2)23-13-8-14(24-12(13)5-7-25-22)19-9-11(4-3-6-17)15(20)18-16(19)21/h9-10,12-14,22,25H,5-8,17H2,1-2H3,(H,18,20,21)/t10-,12?,13?,14?/m1/s1. The Morgan fingerprint density at radius 1 is 1.59 bits per heavy atom. The summed E-state index contributed by atoms with van der Waals surface area (Å²) in [5.41, 5.74) is 4.37. The number of aromatic amines is 1. The van der Waals surface area contributed by atoms with Crippen LogP contribution in [-0.2, 0) is 9.47 Å². The third-order valence-corrected chi connectivity index (χ3v) is 6.40. The number of nitrogens with one attached hydrogen (secondary N) is 1. The molecule has 0 saturated carbocycles. The van der Waals surface area contributed by atoms with Gasteiger partial charge in [-0.25, -0.2) is 4.79 Å². The lowest BCUT2D eigenvalue weighted by Gasteiger charge is -2.21. The quantitative estimate of drug-likeness (QED) is 0.239. The monoisotopic (exact) mass is 433 g/mol. The highest BCUT2D eigenvalue weighted by molar-refractivity contribution is 8.76. The van der Waals surface area contributed by atoms with E-state index in [9.17, 15) is 9.59 Å². The first-order chi connectivity index (χ1) is 13.0. The lowest BCUT2D eigenvalue weighted by atomic mass is 10.1. The van der Waals surface area contributed by atoms with Gasteiger partial charge in [0.1, 0.15) is 17.2 Å². The Morgan fingerprint density at radius 3 is 3.04 bits per heavy atom. The number of H-pyrrole nitrogens is 1. The minimum Gasteiger partial charge on any atom is -0.377 e. The van der Waals surface area contributed by atoms with Gasteiger partial charge in [0, 0.05) is 21.4 Å². The van der Waals surface area contributed by atoms with E-state index in [0.29, 0.717) is 19.0 Å². The molecule has 0 spiro atoms. The molecule has 0 aliphatic carbocycles. The zero-order valence-corrected chi connectivity index (χ0v) is 17.8. The third kappa shape index (κ3) is 6.36. The number of nitrogens with two attached hydrogens (primary N) is 1. The smallest absolute Gasteiger partial charge is 0.330 e. The third-order valence-electron chi connectivity index (χ3n) is 3.92. The second kappa shape index (κ2) is 11.3. The van der Waals surface area contributed by atoms with Gasteiger partial charge in [0.15, 0.2) is 0 Å². The molecule has 2 heterocycles. The van der Waals surface area contributed by atoms with Crippen LogP contribution in [0.3, 0.4) is 0 Å². The molecule has 0 bridgehead atoms. The van der Waals surface area contributed by atoms with Gasteiger partial charge in [0.2, 0.25) is 0 Å². The fraction of sp³-hybridized carbons (Fsp3) is 0.625. The minimum atomic E-state index is -0.573. The van der Waals surface area contributed by atoms with Gasteiger partial charge in [0.05, 0.1) is 18.8 Å². The minimum absolute atomic E-state index is 0.0373. The summed E-state index contributed by atoms with van der Waals surface area (Å²) in [7, 11) is 3.05. The predicted octanol–water partition coefficient (Wildman–Crippen LogP) is 0.853. The molecular formula is C16H24N3O5PS2. The summed E-state index contributed by atoms with van der Waals surface area (Å²) in [4.78, 5) is 35.6. The summed E-state index contributed by atoms with van der Waals surface area (Å²) >= 11 is 0. The highest BCUT2D eigenvalue weighted by Gasteiger charge is 2.38. The van der Waals surface area contributed by atoms with Gasteiger partial charge < -0.3 is 20.1 Å². The molecule has 8 nitrogen and oxygen atoms in total. The van der Waals surface area contributed by atoms with Crippen LogP contribution >= 0.6 is 30.4 Å². The first kappa shape index (κ1) is 22.5. The van der Waals surface area contributed by atoms with Crippen LogP contribution in [0.1, 0.15) is 31.6 Å². The van der Waals surface area contributed by atoms with Crippen molar-refractivity contribution in [2.75, 3.05) is 19.0 Å². The SMILES string of the molecule is CSS[C@H](C)OC1CC(n2cc(C#CCN)c(=O)[nH]c2=O)OC1CCPO. The van der Waals surface area contributed by atoms with Crippen molar-refractivity contribution in [1.29, 1.82) is 0 Å². The number of ether oxygens (including phenoxy) is 2. The molecular weight excluding hydrogens is 409 g/mol. The average molecular weight is 433 g/mol. The molecule has 0 amide bonds. The van der Waals surface area contributed by atoms with Crippen LogP contribution in [-0.4, -0.2) is 51.1 Å². The van der Waals surface area contributed by atoms with E-state index < -0.39 is 17.5 Å². The van der Waals surface area contributed by atoms with E-state index in [2.05, 4.69) is 16.8 Å². The predicted molar refractivity (Wildman–Crippen MR) is 111 cm³/mol. The second-order valence-corrected chi connectivity index (χ2v) is 9.37. The van der Waals surface area contributed by atoms with Gasteiger partial charge in [-0.15, -0.1) is 0 Å². The Balaban J connectivity index is 2.25. The first-order valence-corrected chi connectivity index (χ1v) is 12.2. The highest BCUT2D eigenvalue weighted by atomic mass is 33.1. The molecule has 1 aromatic rings. The van der Waals surface area contributed by atoms with Crippen molar-refractivity contribution in [1.82, 2.24) is 9.55 Å². The summed E-state index contributed by atoms with van der Waals surface area (Å²) in [6, 6.07) is 0. The maximum Gasteiger partial charge on any atom is 0.330 e. The molecule has 1 aliphatic rings. The van der Waals surface area contributed by atoms with E-state index in [-0.39, 0.29) is 38.6 Å². The van der Waals surface area contributed by atoms with Gasteiger partial charge in [-0.2, -0.15) is 0 Å². The van der Waals surface area contributed by atoms with E-state index in [1.807, 2.05) is 13.2 Å². The zero-order valence-electron chi connectivity index (χ0n) is 15.1. The first-order valence-electron chi connectivity index (χ1n) is 8.41. The molecule has 1 saturated heterocycles. The van der Waals surface area contributed by atoms with Crippen LogP contribution in [0, 0.1) is 11.8 Å². The van der Waals surface area contributed by atoms with Crippen molar-refractivity contribution in [3.05, 3.63) is 32.6 Å². The lowest BCUT2D eigenvalue weighted by Crippen LogP contribution is -2.33. The Hall–Kier alpha value is -0.790. The van der Waals surface area contributed by atoms with Crippen molar-refractivity contribution in [2.24, 2.45) is 5.73 Å². The van der Waals surface area contributed by atoms with Crippen LogP contribution in [0.4, 0.5) is 0 Å². The Labute approximate surface area is 167 Å². The van der Waals surface area contributed by atoms with Gasteiger partial charge in [-0.05, 0) is 25.8 Å². The number of hydrogen-bond acceptors (Lipinski definition) is 8. The van der Waals surface area contributed by atoms with Gasteiger partial charge in [0.25, 0.3) is 5.56 Å². The van der Waals surface area contributed by atoms with Crippen molar-refractivity contribution < 1.29 is 14.4 Å². The Morgan fingerprint density at radius 2 is 2.37 bits per heavy atom. The topological polar surface area (TPSA) is 120 Å². The van der Waals surface area contributed by atoms with Gasteiger partial charge in [-0.3, -0.25) is 14.3 Å². The highest BCUT2D eigenvalue weighted by Crippen LogP contribution is 2.35. The van der Waals surface area contributed by atoms with Gasteiger partial charge >= 0.3 is 5.69 Å². The van der Waals surface area contributed by atoms with Crippen LogP contribution < -0.4 is 17.0 Å². The van der Waals surface area contributed by atoms with E-state index in [4.69, 9.17) is 20.1 Å². The summed E-state index contributed by atoms with van der Waals surface area (Å²) in [5, 5.41) is 0. The van der Waals surface area contributed by atoms with Gasteiger partial charge in [-0.1, -0.05) is 33.4 Å². The maximum atomic E-state index is 12.3. The number of aromatic nitrogens is 2. The fourth-order valence-electron chi connectivity index (χ4n) is 2.82. The van der Waals surface area contributed by atoms with Crippen LogP contribution in [0.2, 0.25) is 0 Å². The maximum absolute atomic E-state index is 12.3. The normalized spacial score (nSPS) is 23.5. The molecule has 1 fully saturated rings. The molecule has 5 atom stereocenters. The average Bonchev–Trinajstić information content (AvgIpc) is 3.01. The van der Waals surface area contributed by atoms with E-state index in [1.54, 1.807) is 21.6 Å². The number of hydrogen-bond donors (Lipinski definition) is 3. The van der Waals surface area contributed by atoms with E-state index in [1.165, 1.54) is 10.8 Å². The largest absolute Gasteiger partial charge is 0.377 e. The van der Waals surface area contributed by atoms with Crippen LogP contribution in [0.25, 0.3) is 0 Å². The molecule has 4 N–H and O–H groups in total. The van der Waals surface area contributed by atoms with Crippen molar-refractivity contribution in [3.63, 3.8) is 0 Å². The van der Waals surface area contributed by atoms with E-state index >= 15 is 0 Å². The summed E-state index contributed by atoms with van der Waals surface area (Å²) in [5.74, 6) is 5.28. The molecule has 11 heteroatoms. The van der Waals surface area contributed by atoms with Crippen LogP contribution in [0.5, 0.6) is 0 Å². The number of rotatable bonds is 8. The molecule has 27 heavy (non-hydrogen) atoms. The fourth-order valence-corrected chi connectivity index (χ4v) is 4.64. The molecule has 4 unspecified atom stereocenters. The second-order valence-electron chi connectivity index (χ2n) is 5.78. The van der Waals surface area contributed by atoms with Crippen molar-refractivity contribution in [3.8, 4) is 11.8 Å². The molecule has 2 rings (SSSR count). The Kier molecular flexibility index (Phi) is 9.39. The van der Waals surface area contributed by atoms with Crippen molar-refractivity contribution >= 4 is 30.4 Å². The molecule has 1 aromatic heterocycles. The van der Waals surface area contributed by atoms with Crippen molar-refractivity contribution in [2.45, 2.75) is 43.6 Å². The molecule has 1 aliphatic heterocycles. The Bertz CT molecular complexity index is 791. The molecule has 0 aromatic carbocycles. The zero-order chi connectivity index (χ0) is 19.8. The number of nitrogens with zero attached hydrogens (tertiary/aromatic N) is 1. The summed E-state index contributed by atoms with van der Waals surface area (Å²) in [6.07, 6.45) is 4.06. The summed E-state index contributed by atoms with van der Waals surface area (Å²) < 4.78 is 13.5. The lowest BCUT2D eigenvalue weighted by molar-refractivity contribution is -0.0429. The van der Waals surface area contributed by atoms with E-state index in [0.717, 1.165) is 0 Å². The summed E-state index contributed by atoms with van der Waals surface area (Å²) in [6.45, 7) is 2.08. The molecule has 0 radical (unpaired) electrons. The van der Waals surface area contributed by atoms with Crippen LogP contribution in [0.15, 0.2) is 15.8 Å².